The first kappa shape index (κ1) is 22.8. The summed E-state index contributed by atoms with van der Waals surface area (Å²) in [7, 11) is 0. The first-order chi connectivity index (χ1) is 13.9. The van der Waals surface area contributed by atoms with Gasteiger partial charge in [0, 0.05) is 4.90 Å². The van der Waals surface area contributed by atoms with Crippen molar-refractivity contribution in [2.45, 2.75) is 38.5 Å². The Bertz CT molecular complexity index is 906. The van der Waals surface area contributed by atoms with Crippen molar-refractivity contribution in [3.8, 4) is 0 Å². The lowest BCUT2D eigenvalue weighted by Crippen LogP contribution is -1.88. The van der Waals surface area contributed by atoms with E-state index in [2.05, 4.69) is 107 Å². The van der Waals surface area contributed by atoms with E-state index in [1.165, 1.54) is 22.3 Å². The summed E-state index contributed by atoms with van der Waals surface area (Å²) >= 11 is 4.37. The monoisotopic (exact) mass is 400 g/mol. The van der Waals surface area contributed by atoms with Gasteiger partial charge < -0.3 is 0 Å². The van der Waals surface area contributed by atoms with E-state index in [0.29, 0.717) is 5.92 Å². The van der Waals surface area contributed by atoms with Crippen molar-refractivity contribution in [2.24, 2.45) is 5.92 Å². The minimum Gasteiger partial charge on any atom is -0.143 e. The van der Waals surface area contributed by atoms with E-state index in [4.69, 9.17) is 0 Å². The van der Waals surface area contributed by atoms with Crippen LogP contribution in [0.4, 0.5) is 0 Å². The third kappa shape index (κ3) is 7.79. The van der Waals surface area contributed by atoms with E-state index in [0.717, 1.165) is 28.9 Å². The number of benzene rings is 2. The third-order valence-electron chi connectivity index (χ3n) is 4.86. The lowest BCUT2D eigenvalue weighted by molar-refractivity contribution is 0.743. The van der Waals surface area contributed by atoms with Crippen LogP contribution in [0, 0.1) is 12.8 Å². The molecule has 1 atom stereocenters. The summed E-state index contributed by atoms with van der Waals surface area (Å²) in [5.41, 5.74) is 7.14. The zero-order chi connectivity index (χ0) is 21.2. The molecule has 0 radical (unpaired) electrons. The normalized spacial score (nSPS) is 13.5. The van der Waals surface area contributed by atoms with Crippen LogP contribution in [0.25, 0.3) is 11.1 Å². The van der Waals surface area contributed by atoms with Crippen LogP contribution in [0.3, 0.4) is 0 Å². The summed E-state index contributed by atoms with van der Waals surface area (Å²) in [6.07, 6.45) is 12.8. The molecule has 0 bridgehead atoms. The standard InChI is InChI=1S/C28H32S/c1-6-8-21(2)9-7-10-25(19-23(4)26-13-11-22(3)12-14-26)20-24(5)27-15-17-28(29)18-16-27/h6-7,9,11-21,29H,1,5,8,10H2,2-4H3/b9-7-,23-19+,25-20-/t21-/m0/s1. The Kier molecular flexibility index (Phi) is 9.02. The highest BCUT2D eigenvalue weighted by Gasteiger charge is 2.02. The van der Waals surface area contributed by atoms with E-state index < -0.39 is 0 Å². The molecular weight excluding hydrogens is 368 g/mol. The van der Waals surface area contributed by atoms with Crippen LogP contribution in [0.5, 0.6) is 0 Å². The molecule has 0 N–H and O–H groups in total. The second kappa shape index (κ2) is 11.5. The van der Waals surface area contributed by atoms with Crippen molar-refractivity contribution in [1.29, 1.82) is 0 Å². The van der Waals surface area contributed by atoms with Crippen LogP contribution in [-0.2, 0) is 0 Å². The second-order valence-electron chi connectivity index (χ2n) is 7.62. The molecule has 2 aromatic carbocycles. The molecule has 29 heavy (non-hydrogen) atoms. The minimum atomic E-state index is 0.502. The average Bonchev–Trinajstić information content (AvgIpc) is 2.69. The second-order valence-corrected chi connectivity index (χ2v) is 8.14. The number of aryl methyl sites for hydroxylation is 1. The molecule has 0 fully saturated rings. The van der Waals surface area contributed by atoms with Gasteiger partial charge in [0.15, 0.2) is 0 Å². The average molecular weight is 401 g/mol. The van der Waals surface area contributed by atoms with E-state index in [-0.39, 0.29) is 0 Å². The molecule has 0 spiro atoms. The van der Waals surface area contributed by atoms with E-state index in [1.54, 1.807) is 0 Å². The van der Waals surface area contributed by atoms with Gasteiger partial charge in [-0.05, 0) is 72.6 Å². The van der Waals surface area contributed by atoms with Crippen molar-refractivity contribution < 1.29 is 0 Å². The Morgan fingerprint density at radius 1 is 1.00 bits per heavy atom. The molecule has 0 nitrogen and oxygen atoms in total. The maximum Gasteiger partial charge on any atom is 0.00404 e. The van der Waals surface area contributed by atoms with E-state index >= 15 is 0 Å². The predicted molar refractivity (Wildman–Crippen MR) is 133 cm³/mol. The summed E-state index contributed by atoms with van der Waals surface area (Å²) in [6, 6.07) is 16.8. The molecular formula is C28H32S. The molecule has 0 heterocycles. The summed E-state index contributed by atoms with van der Waals surface area (Å²) < 4.78 is 0. The quantitative estimate of drug-likeness (QED) is 0.243. The van der Waals surface area contributed by atoms with Gasteiger partial charge in [-0.2, -0.15) is 0 Å². The first-order valence-corrected chi connectivity index (χ1v) is 10.6. The SMILES string of the molecule is C=CC[C@H](C)/C=C\CC(=C/C(=C)c1ccc(S)cc1)/C=C(\C)c1ccc(C)cc1. The third-order valence-corrected chi connectivity index (χ3v) is 5.16. The van der Waals surface area contributed by atoms with E-state index in [9.17, 15) is 0 Å². The fourth-order valence-electron chi connectivity index (χ4n) is 3.10. The Labute approximate surface area is 182 Å². The maximum absolute atomic E-state index is 4.37. The molecule has 2 aromatic rings. The van der Waals surface area contributed by atoms with E-state index in [1.807, 2.05) is 18.2 Å². The van der Waals surface area contributed by atoms with Gasteiger partial charge in [0.25, 0.3) is 0 Å². The van der Waals surface area contributed by atoms with Crippen molar-refractivity contribution in [2.75, 3.05) is 0 Å². The first-order valence-electron chi connectivity index (χ1n) is 10.1. The Morgan fingerprint density at radius 3 is 2.24 bits per heavy atom. The van der Waals surface area contributed by atoms with Crippen molar-refractivity contribution in [3.05, 3.63) is 114 Å². The van der Waals surface area contributed by atoms with Crippen LogP contribution >= 0.6 is 12.6 Å². The number of rotatable bonds is 9. The zero-order valence-electron chi connectivity index (χ0n) is 17.9. The summed E-state index contributed by atoms with van der Waals surface area (Å²) in [6.45, 7) is 14.6. The Hall–Kier alpha value is -2.51. The Morgan fingerprint density at radius 2 is 1.62 bits per heavy atom. The summed E-state index contributed by atoms with van der Waals surface area (Å²) in [4.78, 5) is 0.958. The van der Waals surface area contributed by atoms with Crippen LogP contribution in [-0.4, -0.2) is 0 Å². The zero-order valence-corrected chi connectivity index (χ0v) is 18.8. The molecule has 2 rings (SSSR count). The summed E-state index contributed by atoms with van der Waals surface area (Å²) in [5, 5.41) is 0. The van der Waals surface area contributed by atoms with Crippen molar-refractivity contribution >= 4 is 23.8 Å². The number of hydrogen-bond acceptors (Lipinski definition) is 1. The van der Waals surface area contributed by atoms with Crippen LogP contribution in [0.1, 0.15) is 43.4 Å². The molecule has 0 aliphatic carbocycles. The Balaban J connectivity index is 2.29. The fraction of sp³-hybridized carbons (Fsp3) is 0.214. The molecule has 0 aliphatic rings. The van der Waals surface area contributed by atoms with Crippen molar-refractivity contribution in [1.82, 2.24) is 0 Å². The highest BCUT2D eigenvalue weighted by atomic mass is 32.1. The van der Waals surface area contributed by atoms with Crippen LogP contribution in [0.15, 0.2) is 103 Å². The molecule has 0 saturated carbocycles. The smallest absolute Gasteiger partial charge is 0.00404 e. The molecule has 0 amide bonds. The highest BCUT2D eigenvalue weighted by molar-refractivity contribution is 7.80. The lowest BCUT2D eigenvalue weighted by atomic mass is 9.98. The van der Waals surface area contributed by atoms with Crippen molar-refractivity contribution in [3.63, 3.8) is 0 Å². The van der Waals surface area contributed by atoms with Gasteiger partial charge in [-0.15, -0.1) is 19.2 Å². The molecule has 0 saturated heterocycles. The van der Waals surface area contributed by atoms with Gasteiger partial charge in [0.05, 0.1) is 0 Å². The number of allylic oxidation sites excluding steroid dienone is 8. The highest BCUT2D eigenvalue weighted by Crippen LogP contribution is 2.23. The van der Waals surface area contributed by atoms with Gasteiger partial charge in [-0.1, -0.05) is 85.8 Å². The van der Waals surface area contributed by atoms with Gasteiger partial charge >= 0.3 is 0 Å². The fourth-order valence-corrected chi connectivity index (χ4v) is 3.25. The molecule has 0 unspecified atom stereocenters. The van der Waals surface area contributed by atoms with Gasteiger partial charge in [0.1, 0.15) is 0 Å². The van der Waals surface area contributed by atoms with Crippen LogP contribution < -0.4 is 0 Å². The lowest BCUT2D eigenvalue weighted by Gasteiger charge is -2.08. The van der Waals surface area contributed by atoms with Gasteiger partial charge in [0.2, 0.25) is 0 Å². The molecule has 0 aliphatic heterocycles. The molecule has 1 heteroatoms. The molecule has 0 aromatic heterocycles. The maximum atomic E-state index is 4.37. The largest absolute Gasteiger partial charge is 0.143 e. The minimum absolute atomic E-state index is 0.502. The van der Waals surface area contributed by atoms with Crippen LogP contribution in [0.2, 0.25) is 0 Å². The topological polar surface area (TPSA) is 0 Å². The number of hydrogen-bond donors (Lipinski definition) is 1. The van der Waals surface area contributed by atoms with Gasteiger partial charge in [-0.25, -0.2) is 0 Å². The molecule has 150 valence electrons. The van der Waals surface area contributed by atoms with Gasteiger partial charge in [-0.3, -0.25) is 0 Å². The number of thiol groups is 1. The summed E-state index contributed by atoms with van der Waals surface area (Å²) in [5.74, 6) is 0.502. The predicted octanol–water partition coefficient (Wildman–Crippen LogP) is 8.49.